The van der Waals surface area contributed by atoms with Gasteiger partial charge in [0.25, 0.3) is 0 Å². The van der Waals surface area contributed by atoms with Crippen molar-refractivity contribution in [3.63, 3.8) is 0 Å². The summed E-state index contributed by atoms with van der Waals surface area (Å²) in [4.78, 5) is 15.0. The molecule has 1 amide bonds. The van der Waals surface area contributed by atoms with Crippen LogP contribution in [0.5, 0.6) is 0 Å². The Balaban J connectivity index is 1.55. The fraction of sp³-hybridized carbons (Fsp3) is 0.650. The second-order valence-electron chi connectivity index (χ2n) is 8.08. The standard InChI is InChI=1S/C20H31N3O3S/c1-15-7-9-19(10-8-15)27(25,26)22-13-16-4-3-11-23(14-16)20(24)17-5-2-6-18(21)12-17/h7-10,16-18,22H,2-6,11-14,21H2,1H3. The summed E-state index contributed by atoms with van der Waals surface area (Å²) in [6, 6.07) is 6.98. The van der Waals surface area contributed by atoms with Crippen LogP contribution in [0.15, 0.2) is 29.2 Å². The molecular formula is C20H31N3O3S. The average molecular weight is 394 g/mol. The van der Waals surface area contributed by atoms with E-state index in [0.717, 1.165) is 50.6 Å². The topological polar surface area (TPSA) is 92.5 Å². The number of sulfonamides is 1. The van der Waals surface area contributed by atoms with E-state index in [4.69, 9.17) is 5.73 Å². The van der Waals surface area contributed by atoms with Crippen molar-refractivity contribution in [2.24, 2.45) is 17.6 Å². The SMILES string of the molecule is Cc1ccc(S(=O)(=O)NCC2CCCN(C(=O)C3CCCC(N)C3)C2)cc1. The summed E-state index contributed by atoms with van der Waals surface area (Å²) in [5.41, 5.74) is 7.06. The Labute approximate surface area is 162 Å². The predicted molar refractivity (Wildman–Crippen MR) is 106 cm³/mol. The van der Waals surface area contributed by atoms with Crippen molar-refractivity contribution in [2.45, 2.75) is 56.4 Å². The minimum atomic E-state index is -3.51. The number of hydrogen-bond donors (Lipinski definition) is 2. The van der Waals surface area contributed by atoms with Crippen LogP contribution in [0.3, 0.4) is 0 Å². The zero-order valence-electron chi connectivity index (χ0n) is 16.1. The van der Waals surface area contributed by atoms with Crippen molar-refractivity contribution in [1.29, 1.82) is 0 Å². The number of aryl methyl sites for hydroxylation is 1. The summed E-state index contributed by atoms with van der Waals surface area (Å²) < 4.78 is 27.7. The first-order chi connectivity index (χ1) is 12.8. The summed E-state index contributed by atoms with van der Waals surface area (Å²) in [6.45, 7) is 3.69. The average Bonchev–Trinajstić information content (AvgIpc) is 2.66. The molecule has 0 radical (unpaired) electrons. The first-order valence-electron chi connectivity index (χ1n) is 9.96. The molecule has 2 fully saturated rings. The number of nitrogens with zero attached hydrogens (tertiary/aromatic N) is 1. The zero-order chi connectivity index (χ0) is 19.4. The Morgan fingerprint density at radius 3 is 2.63 bits per heavy atom. The lowest BCUT2D eigenvalue weighted by Crippen LogP contribution is -2.47. The summed E-state index contributed by atoms with van der Waals surface area (Å²) in [5.74, 6) is 0.396. The third kappa shape index (κ3) is 5.30. The molecule has 1 saturated carbocycles. The van der Waals surface area contributed by atoms with Crippen LogP contribution in [0.25, 0.3) is 0 Å². The molecule has 1 aromatic carbocycles. The molecule has 1 aromatic rings. The number of likely N-dealkylation sites (tertiary alicyclic amines) is 1. The maximum Gasteiger partial charge on any atom is 0.240 e. The quantitative estimate of drug-likeness (QED) is 0.801. The van der Waals surface area contributed by atoms with Gasteiger partial charge in [0.15, 0.2) is 0 Å². The third-order valence-corrected chi connectivity index (χ3v) is 7.23. The number of benzene rings is 1. The summed E-state index contributed by atoms with van der Waals surface area (Å²) in [7, 11) is -3.51. The van der Waals surface area contributed by atoms with Crippen molar-refractivity contribution < 1.29 is 13.2 Å². The van der Waals surface area contributed by atoms with Gasteiger partial charge in [-0.1, -0.05) is 24.1 Å². The van der Waals surface area contributed by atoms with Crippen molar-refractivity contribution in [3.05, 3.63) is 29.8 Å². The molecule has 0 aromatic heterocycles. The van der Waals surface area contributed by atoms with Crippen molar-refractivity contribution in [1.82, 2.24) is 9.62 Å². The van der Waals surface area contributed by atoms with E-state index in [1.54, 1.807) is 24.3 Å². The van der Waals surface area contributed by atoms with Gasteiger partial charge in [0.1, 0.15) is 0 Å². The number of amides is 1. The van der Waals surface area contributed by atoms with Gasteiger partial charge < -0.3 is 10.6 Å². The van der Waals surface area contributed by atoms with Gasteiger partial charge in [-0.3, -0.25) is 4.79 Å². The van der Waals surface area contributed by atoms with E-state index in [-0.39, 0.29) is 28.7 Å². The number of carbonyl (C=O) groups excluding carboxylic acids is 1. The van der Waals surface area contributed by atoms with Crippen LogP contribution < -0.4 is 10.5 Å². The molecule has 0 spiro atoms. The monoisotopic (exact) mass is 393 g/mol. The highest BCUT2D eigenvalue weighted by Gasteiger charge is 2.32. The summed E-state index contributed by atoms with van der Waals surface area (Å²) >= 11 is 0. The number of piperidine rings is 1. The maximum absolute atomic E-state index is 12.8. The highest BCUT2D eigenvalue weighted by atomic mass is 32.2. The van der Waals surface area contributed by atoms with E-state index in [1.807, 2.05) is 11.8 Å². The number of nitrogens with two attached hydrogens (primary N) is 1. The van der Waals surface area contributed by atoms with Crippen LogP contribution in [0, 0.1) is 18.8 Å². The molecule has 2 aliphatic rings. The van der Waals surface area contributed by atoms with Gasteiger partial charge in [0.2, 0.25) is 15.9 Å². The Bertz CT molecular complexity index is 748. The van der Waals surface area contributed by atoms with Gasteiger partial charge in [-0.05, 0) is 57.1 Å². The largest absolute Gasteiger partial charge is 0.342 e. The lowest BCUT2D eigenvalue weighted by Gasteiger charge is -2.36. The first-order valence-corrected chi connectivity index (χ1v) is 11.4. The smallest absolute Gasteiger partial charge is 0.240 e. The van der Waals surface area contributed by atoms with E-state index in [0.29, 0.717) is 13.1 Å². The van der Waals surface area contributed by atoms with Gasteiger partial charge in [0, 0.05) is 31.6 Å². The van der Waals surface area contributed by atoms with Gasteiger partial charge in [-0.2, -0.15) is 0 Å². The van der Waals surface area contributed by atoms with Gasteiger partial charge in [0.05, 0.1) is 4.90 Å². The second kappa shape index (κ2) is 8.71. The zero-order valence-corrected chi connectivity index (χ0v) is 16.9. The molecule has 7 heteroatoms. The molecule has 1 aliphatic carbocycles. The van der Waals surface area contributed by atoms with Gasteiger partial charge in [-0.25, -0.2) is 13.1 Å². The van der Waals surface area contributed by atoms with E-state index in [2.05, 4.69) is 4.72 Å². The first kappa shape index (κ1) is 20.3. The van der Waals surface area contributed by atoms with Crippen molar-refractivity contribution >= 4 is 15.9 Å². The predicted octanol–water partition coefficient (Wildman–Crippen LogP) is 2.03. The molecule has 1 aliphatic heterocycles. The second-order valence-corrected chi connectivity index (χ2v) is 9.85. The molecular weight excluding hydrogens is 362 g/mol. The molecule has 1 saturated heterocycles. The Morgan fingerprint density at radius 1 is 1.19 bits per heavy atom. The fourth-order valence-electron chi connectivity index (χ4n) is 4.17. The molecule has 150 valence electrons. The molecule has 6 nitrogen and oxygen atoms in total. The van der Waals surface area contributed by atoms with Crippen molar-refractivity contribution in [2.75, 3.05) is 19.6 Å². The van der Waals surface area contributed by atoms with E-state index in [1.165, 1.54) is 0 Å². The van der Waals surface area contributed by atoms with Crippen LogP contribution in [-0.4, -0.2) is 44.9 Å². The molecule has 27 heavy (non-hydrogen) atoms. The maximum atomic E-state index is 12.8. The number of nitrogens with one attached hydrogen (secondary N) is 1. The van der Waals surface area contributed by atoms with E-state index in [9.17, 15) is 13.2 Å². The summed E-state index contributed by atoms with van der Waals surface area (Å²) in [6.07, 6.45) is 5.58. The normalized spacial score (nSPS) is 26.7. The lowest BCUT2D eigenvalue weighted by molar-refractivity contribution is -0.138. The molecule has 3 atom stereocenters. The summed E-state index contributed by atoms with van der Waals surface area (Å²) in [5, 5.41) is 0. The van der Waals surface area contributed by atoms with Crippen LogP contribution in [0.2, 0.25) is 0 Å². The minimum Gasteiger partial charge on any atom is -0.342 e. The molecule has 1 heterocycles. The van der Waals surface area contributed by atoms with Crippen LogP contribution >= 0.6 is 0 Å². The Hall–Kier alpha value is -1.44. The molecule has 0 bridgehead atoms. The van der Waals surface area contributed by atoms with E-state index >= 15 is 0 Å². The number of carbonyl (C=O) groups is 1. The highest BCUT2D eigenvalue weighted by Crippen LogP contribution is 2.27. The molecule has 3 rings (SSSR count). The highest BCUT2D eigenvalue weighted by molar-refractivity contribution is 7.89. The number of hydrogen-bond acceptors (Lipinski definition) is 4. The molecule has 3 unspecified atom stereocenters. The van der Waals surface area contributed by atoms with Gasteiger partial charge >= 0.3 is 0 Å². The minimum absolute atomic E-state index is 0.0387. The van der Waals surface area contributed by atoms with Crippen molar-refractivity contribution in [3.8, 4) is 0 Å². The lowest BCUT2D eigenvalue weighted by atomic mass is 9.84. The number of rotatable bonds is 5. The van der Waals surface area contributed by atoms with Crippen LogP contribution in [0.1, 0.15) is 44.1 Å². The van der Waals surface area contributed by atoms with E-state index < -0.39 is 10.0 Å². The third-order valence-electron chi connectivity index (χ3n) is 5.79. The molecule has 3 N–H and O–H groups in total. The van der Waals surface area contributed by atoms with Crippen LogP contribution in [0.4, 0.5) is 0 Å². The van der Waals surface area contributed by atoms with Gasteiger partial charge in [-0.15, -0.1) is 0 Å². The Kier molecular flexibility index (Phi) is 6.55. The Morgan fingerprint density at radius 2 is 1.93 bits per heavy atom. The fourth-order valence-corrected chi connectivity index (χ4v) is 5.29. The van der Waals surface area contributed by atoms with Crippen LogP contribution in [-0.2, 0) is 14.8 Å².